The molecule has 1 nitrogen and oxygen atoms in total. The van der Waals surface area contributed by atoms with Gasteiger partial charge in [0.1, 0.15) is 0 Å². The normalized spacial score (nSPS) is 12.3. The zero-order valence-electron chi connectivity index (χ0n) is 9.85. The van der Waals surface area contributed by atoms with Crippen molar-refractivity contribution in [2.24, 2.45) is 0 Å². The molecule has 3 heteroatoms. The molecule has 0 radical (unpaired) electrons. The molecule has 1 N–H and O–H groups in total. The highest BCUT2D eigenvalue weighted by atomic mass is 35.5. The SMILES string of the molecule is CCNC(C=C(C)C)c1cc(Cl)ccc1Cl. The van der Waals surface area contributed by atoms with E-state index in [0.29, 0.717) is 5.02 Å². The summed E-state index contributed by atoms with van der Waals surface area (Å²) in [6, 6.07) is 5.68. The summed E-state index contributed by atoms with van der Waals surface area (Å²) in [5, 5.41) is 4.83. The number of halogens is 2. The lowest BCUT2D eigenvalue weighted by Gasteiger charge is -2.17. The van der Waals surface area contributed by atoms with Crippen molar-refractivity contribution in [3.05, 3.63) is 45.5 Å². The van der Waals surface area contributed by atoms with Gasteiger partial charge in [-0.25, -0.2) is 0 Å². The highest BCUT2D eigenvalue weighted by molar-refractivity contribution is 6.33. The molecule has 0 aliphatic heterocycles. The predicted octanol–water partition coefficient (Wildman–Crippen LogP) is 4.61. The van der Waals surface area contributed by atoms with E-state index in [4.69, 9.17) is 23.2 Å². The van der Waals surface area contributed by atoms with Crippen LogP contribution in [0.1, 0.15) is 32.4 Å². The number of likely N-dealkylation sites (N-methyl/N-ethyl adjacent to an activating group) is 1. The Kier molecular flexibility index (Phi) is 5.33. The number of benzene rings is 1. The molecule has 1 aromatic carbocycles. The largest absolute Gasteiger partial charge is 0.307 e. The van der Waals surface area contributed by atoms with Crippen molar-refractivity contribution in [2.75, 3.05) is 6.54 Å². The first kappa shape index (κ1) is 13.6. The second-order valence-corrected chi connectivity index (χ2v) is 4.79. The van der Waals surface area contributed by atoms with Crippen LogP contribution in [0.15, 0.2) is 29.8 Å². The fourth-order valence-corrected chi connectivity index (χ4v) is 1.98. The molecule has 0 bridgehead atoms. The van der Waals surface area contributed by atoms with E-state index in [0.717, 1.165) is 17.1 Å². The van der Waals surface area contributed by atoms with E-state index in [1.54, 1.807) is 6.07 Å². The van der Waals surface area contributed by atoms with Gasteiger partial charge in [0, 0.05) is 10.0 Å². The van der Waals surface area contributed by atoms with Crippen LogP contribution in [0.2, 0.25) is 10.0 Å². The highest BCUT2D eigenvalue weighted by Crippen LogP contribution is 2.27. The fourth-order valence-electron chi connectivity index (χ4n) is 1.56. The minimum atomic E-state index is 0.126. The van der Waals surface area contributed by atoms with Crippen LogP contribution in [0.25, 0.3) is 0 Å². The summed E-state index contributed by atoms with van der Waals surface area (Å²) in [7, 11) is 0. The van der Waals surface area contributed by atoms with Crippen molar-refractivity contribution >= 4 is 23.2 Å². The maximum Gasteiger partial charge on any atom is 0.0523 e. The average Bonchev–Trinajstić information content (AvgIpc) is 2.20. The molecular weight excluding hydrogens is 241 g/mol. The van der Waals surface area contributed by atoms with Crippen LogP contribution in [-0.2, 0) is 0 Å². The second kappa shape index (κ2) is 6.29. The lowest BCUT2D eigenvalue weighted by atomic mass is 10.0. The molecule has 0 amide bonds. The van der Waals surface area contributed by atoms with Crippen molar-refractivity contribution in [1.82, 2.24) is 5.32 Å². The number of hydrogen-bond donors (Lipinski definition) is 1. The molecule has 0 saturated heterocycles. The molecule has 88 valence electrons. The Hall–Kier alpha value is -0.500. The molecule has 0 fully saturated rings. The molecule has 16 heavy (non-hydrogen) atoms. The first-order valence-corrected chi connectivity index (χ1v) is 6.13. The number of rotatable bonds is 4. The summed E-state index contributed by atoms with van der Waals surface area (Å²) < 4.78 is 0. The molecule has 0 heterocycles. The highest BCUT2D eigenvalue weighted by Gasteiger charge is 2.11. The molecule has 0 aromatic heterocycles. The number of nitrogens with one attached hydrogen (secondary N) is 1. The van der Waals surface area contributed by atoms with E-state index in [9.17, 15) is 0 Å². The first-order chi connectivity index (χ1) is 7.54. The maximum absolute atomic E-state index is 6.18. The van der Waals surface area contributed by atoms with Crippen LogP contribution in [0.5, 0.6) is 0 Å². The van der Waals surface area contributed by atoms with Crippen LogP contribution in [0, 0.1) is 0 Å². The van der Waals surface area contributed by atoms with Gasteiger partial charge in [-0.2, -0.15) is 0 Å². The quantitative estimate of drug-likeness (QED) is 0.777. The average molecular weight is 258 g/mol. The van der Waals surface area contributed by atoms with E-state index in [2.05, 4.69) is 32.2 Å². The van der Waals surface area contributed by atoms with Gasteiger partial charge in [0.25, 0.3) is 0 Å². The summed E-state index contributed by atoms with van der Waals surface area (Å²) in [6.45, 7) is 7.10. The standard InChI is InChI=1S/C13H17Cl2N/c1-4-16-13(7-9(2)3)11-8-10(14)5-6-12(11)15/h5-8,13,16H,4H2,1-3H3. The predicted molar refractivity (Wildman–Crippen MR) is 72.3 cm³/mol. The van der Waals surface area contributed by atoms with Gasteiger partial charge in [-0.15, -0.1) is 0 Å². The molecule has 0 aliphatic carbocycles. The van der Waals surface area contributed by atoms with Gasteiger partial charge in [0.15, 0.2) is 0 Å². The molecule has 1 unspecified atom stereocenters. The molecule has 0 aliphatic rings. The molecule has 1 atom stereocenters. The van der Waals surface area contributed by atoms with Crippen LogP contribution in [-0.4, -0.2) is 6.54 Å². The zero-order valence-corrected chi connectivity index (χ0v) is 11.4. The van der Waals surface area contributed by atoms with E-state index in [-0.39, 0.29) is 6.04 Å². The Bertz CT molecular complexity index is 382. The van der Waals surface area contributed by atoms with Gasteiger partial charge in [-0.3, -0.25) is 0 Å². The topological polar surface area (TPSA) is 12.0 Å². The Labute approximate surface area is 107 Å². The van der Waals surface area contributed by atoms with E-state index >= 15 is 0 Å². The molecule has 0 saturated carbocycles. The minimum Gasteiger partial charge on any atom is -0.307 e. The molecular formula is C13H17Cl2N. The van der Waals surface area contributed by atoms with Crippen molar-refractivity contribution in [3.63, 3.8) is 0 Å². The Morgan fingerprint density at radius 3 is 2.62 bits per heavy atom. The smallest absolute Gasteiger partial charge is 0.0523 e. The van der Waals surface area contributed by atoms with Gasteiger partial charge in [0.2, 0.25) is 0 Å². The Morgan fingerprint density at radius 2 is 2.06 bits per heavy atom. The third-order valence-electron chi connectivity index (χ3n) is 2.22. The second-order valence-electron chi connectivity index (χ2n) is 3.95. The fraction of sp³-hybridized carbons (Fsp3) is 0.385. The Balaban J connectivity index is 3.09. The van der Waals surface area contributed by atoms with Crippen LogP contribution < -0.4 is 5.32 Å². The summed E-state index contributed by atoms with van der Waals surface area (Å²) >= 11 is 12.2. The van der Waals surface area contributed by atoms with E-state index in [1.165, 1.54) is 5.57 Å². The van der Waals surface area contributed by atoms with Crippen LogP contribution in [0.3, 0.4) is 0 Å². The monoisotopic (exact) mass is 257 g/mol. The summed E-state index contributed by atoms with van der Waals surface area (Å²) in [5.74, 6) is 0. The number of hydrogen-bond acceptors (Lipinski definition) is 1. The van der Waals surface area contributed by atoms with E-state index in [1.807, 2.05) is 12.1 Å². The van der Waals surface area contributed by atoms with Gasteiger partial charge in [-0.1, -0.05) is 41.8 Å². The van der Waals surface area contributed by atoms with Crippen LogP contribution >= 0.6 is 23.2 Å². The lowest BCUT2D eigenvalue weighted by Crippen LogP contribution is -2.19. The summed E-state index contributed by atoms with van der Waals surface area (Å²) in [6.07, 6.45) is 2.15. The molecule has 1 rings (SSSR count). The minimum absolute atomic E-state index is 0.126. The van der Waals surface area contributed by atoms with Gasteiger partial charge >= 0.3 is 0 Å². The maximum atomic E-state index is 6.18. The van der Waals surface area contributed by atoms with Gasteiger partial charge in [0.05, 0.1) is 6.04 Å². The van der Waals surface area contributed by atoms with Gasteiger partial charge in [-0.05, 0) is 44.2 Å². The van der Waals surface area contributed by atoms with Crippen molar-refractivity contribution in [2.45, 2.75) is 26.8 Å². The van der Waals surface area contributed by atoms with Crippen molar-refractivity contribution < 1.29 is 0 Å². The summed E-state index contributed by atoms with van der Waals surface area (Å²) in [4.78, 5) is 0. The van der Waals surface area contributed by atoms with Crippen LogP contribution in [0.4, 0.5) is 0 Å². The number of allylic oxidation sites excluding steroid dienone is 1. The van der Waals surface area contributed by atoms with E-state index < -0.39 is 0 Å². The van der Waals surface area contributed by atoms with Gasteiger partial charge < -0.3 is 5.32 Å². The van der Waals surface area contributed by atoms with Crippen molar-refractivity contribution in [3.8, 4) is 0 Å². The van der Waals surface area contributed by atoms with Crippen molar-refractivity contribution in [1.29, 1.82) is 0 Å². The molecule has 1 aromatic rings. The lowest BCUT2D eigenvalue weighted by molar-refractivity contribution is 0.645. The Morgan fingerprint density at radius 1 is 1.38 bits per heavy atom. The zero-order chi connectivity index (χ0) is 12.1. The first-order valence-electron chi connectivity index (χ1n) is 5.38. The third kappa shape index (κ3) is 3.82. The molecule has 0 spiro atoms. The third-order valence-corrected chi connectivity index (χ3v) is 2.80. The summed E-state index contributed by atoms with van der Waals surface area (Å²) in [5.41, 5.74) is 2.28.